The SMILES string of the molecule is CCC1(O)CCN(C(C(=O)O)c2ccc(Br)cc2F)CC1. The molecule has 2 N–H and O–H groups in total. The molecule has 0 aromatic heterocycles. The molecule has 1 atom stereocenters. The molecule has 1 fully saturated rings. The molecule has 1 aromatic rings. The summed E-state index contributed by atoms with van der Waals surface area (Å²) < 4.78 is 14.6. The maximum atomic E-state index is 14.1. The van der Waals surface area contributed by atoms with Crippen molar-refractivity contribution in [3.8, 4) is 0 Å². The zero-order valence-electron chi connectivity index (χ0n) is 11.9. The molecule has 6 heteroatoms. The molecule has 1 aliphatic rings. The number of halogens is 2. The van der Waals surface area contributed by atoms with Crippen LogP contribution in [0.2, 0.25) is 0 Å². The summed E-state index contributed by atoms with van der Waals surface area (Å²) in [5.74, 6) is -1.61. The number of aliphatic hydroxyl groups is 1. The average Bonchev–Trinajstić information content (AvgIpc) is 2.43. The fourth-order valence-corrected chi connectivity index (χ4v) is 3.09. The first-order valence-electron chi connectivity index (χ1n) is 7.00. The Morgan fingerprint density at radius 1 is 1.48 bits per heavy atom. The van der Waals surface area contributed by atoms with Gasteiger partial charge in [0, 0.05) is 23.1 Å². The van der Waals surface area contributed by atoms with Gasteiger partial charge in [0.2, 0.25) is 0 Å². The molecule has 4 nitrogen and oxygen atoms in total. The van der Waals surface area contributed by atoms with Gasteiger partial charge in [-0.25, -0.2) is 4.39 Å². The Balaban J connectivity index is 2.23. The van der Waals surface area contributed by atoms with E-state index in [1.54, 1.807) is 11.0 Å². The van der Waals surface area contributed by atoms with E-state index in [1.807, 2.05) is 6.92 Å². The monoisotopic (exact) mass is 359 g/mol. The first-order chi connectivity index (χ1) is 9.86. The van der Waals surface area contributed by atoms with Crippen LogP contribution in [-0.2, 0) is 4.79 Å². The lowest BCUT2D eigenvalue weighted by molar-refractivity contribution is -0.146. The summed E-state index contributed by atoms with van der Waals surface area (Å²) in [5.41, 5.74) is -0.565. The van der Waals surface area contributed by atoms with Gasteiger partial charge in [-0.3, -0.25) is 9.69 Å². The molecule has 1 aromatic carbocycles. The van der Waals surface area contributed by atoms with Crippen molar-refractivity contribution in [3.63, 3.8) is 0 Å². The van der Waals surface area contributed by atoms with Crippen molar-refractivity contribution in [2.24, 2.45) is 0 Å². The van der Waals surface area contributed by atoms with Gasteiger partial charge in [0.25, 0.3) is 0 Å². The lowest BCUT2D eigenvalue weighted by Crippen LogP contribution is -2.47. The lowest BCUT2D eigenvalue weighted by atomic mass is 9.87. The molecule has 0 bridgehead atoms. The Labute approximate surface area is 131 Å². The summed E-state index contributed by atoms with van der Waals surface area (Å²) in [6.45, 7) is 2.80. The van der Waals surface area contributed by atoms with E-state index in [2.05, 4.69) is 15.9 Å². The minimum absolute atomic E-state index is 0.160. The van der Waals surface area contributed by atoms with Gasteiger partial charge in [0.15, 0.2) is 0 Å². The summed E-state index contributed by atoms with van der Waals surface area (Å²) in [6.07, 6.45) is 1.65. The number of carbonyl (C=O) groups is 1. The molecule has 1 saturated heterocycles. The van der Waals surface area contributed by atoms with Crippen LogP contribution in [0.3, 0.4) is 0 Å². The smallest absolute Gasteiger partial charge is 0.325 e. The van der Waals surface area contributed by atoms with E-state index in [1.165, 1.54) is 12.1 Å². The molecule has 0 saturated carbocycles. The third-order valence-electron chi connectivity index (χ3n) is 4.24. The summed E-state index contributed by atoms with van der Waals surface area (Å²) in [5, 5.41) is 19.7. The third kappa shape index (κ3) is 3.62. The van der Waals surface area contributed by atoms with Crippen LogP contribution in [-0.4, -0.2) is 39.8 Å². The Bertz CT molecular complexity index is 530. The largest absolute Gasteiger partial charge is 0.480 e. The number of hydrogen-bond acceptors (Lipinski definition) is 3. The molecule has 1 aliphatic heterocycles. The molecule has 0 radical (unpaired) electrons. The Kier molecular flexibility index (Phi) is 5.01. The molecule has 0 amide bonds. The Morgan fingerprint density at radius 3 is 2.57 bits per heavy atom. The fraction of sp³-hybridized carbons (Fsp3) is 0.533. The first-order valence-corrected chi connectivity index (χ1v) is 7.80. The lowest BCUT2D eigenvalue weighted by Gasteiger charge is -2.40. The van der Waals surface area contributed by atoms with Crippen molar-refractivity contribution in [1.82, 2.24) is 4.90 Å². The zero-order valence-corrected chi connectivity index (χ0v) is 13.4. The quantitative estimate of drug-likeness (QED) is 0.867. The van der Waals surface area contributed by atoms with E-state index in [4.69, 9.17) is 0 Å². The van der Waals surface area contributed by atoms with Crippen molar-refractivity contribution in [3.05, 3.63) is 34.1 Å². The van der Waals surface area contributed by atoms with E-state index >= 15 is 0 Å². The number of rotatable bonds is 4. The molecule has 0 aliphatic carbocycles. The Morgan fingerprint density at radius 2 is 2.10 bits per heavy atom. The van der Waals surface area contributed by atoms with Gasteiger partial charge < -0.3 is 10.2 Å². The van der Waals surface area contributed by atoms with Crippen molar-refractivity contribution < 1.29 is 19.4 Å². The predicted molar refractivity (Wildman–Crippen MR) is 80.5 cm³/mol. The highest BCUT2D eigenvalue weighted by molar-refractivity contribution is 9.10. The van der Waals surface area contributed by atoms with Gasteiger partial charge in [-0.2, -0.15) is 0 Å². The molecule has 1 unspecified atom stereocenters. The summed E-state index contributed by atoms with van der Waals surface area (Å²) in [4.78, 5) is 13.3. The Hall–Kier alpha value is -0.980. The third-order valence-corrected chi connectivity index (χ3v) is 4.74. The van der Waals surface area contributed by atoms with Crippen LogP contribution in [0.4, 0.5) is 4.39 Å². The summed E-state index contributed by atoms with van der Waals surface area (Å²) in [6, 6.07) is 3.40. The highest BCUT2D eigenvalue weighted by atomic mass is 79.9. The van der Waals surface area contributed by atoms with Crippen molar-refractivity contribution in [1.29, 1.82) is 0 Å². The molecular formula is C15H19BrFNO3. The fourth-order valence-electron chi connectivity index (χ4n) is 2.76. The van der Waals surface area contributed by atoms with Gasteiger partial charge in [-0.15, -0.1) is 0 Å². The molecule has 1 heterocycles. The molecule has 21 heavy (non-hydrogen) atoms. The van der Waals surface area contributed by atoms with E-state index in [-0.39, 0.29) is 5.56 Å². The second kappa shape index (κ2) is 6.42. The molecule has 2 rings (SSSR count). The molecule has 0 spiro atoms. The van der Waals surface area contributed by atoms with Crippen LogP contribution in [0, 0.1) is 5.82 Å². The normalized spacial score (nSPS) is 20.2. The topological polar surface area (TPSA) is 60.8 Å². The first kappa shape index (κ1) is 16.4. The van der Waals surface area contributed by atoms with Gasteiger partial charge in [0.05, 0.1) is 5.60 Å². The van der Waals surface area contributed by atoms with E-state index in [0.29, 0.717) is 36.8 Å². The van der Waals surface area contributed by atoms with Crippen molar-refractivity contribution in [2.45, 2.75) is 37.8 Å². The van der Waals surface area contributed by atoms with Gasteiger partial charge in [0.1, 0.15) is 11.9 Å². The maximum Gasteiger partial charge on any atom is 0.325 e. The molecular weight excluding hydrogens is 341 g/mol. The van der Waals surface area contributed by atoms with E-state index in [0.717, 1.165) is 0 Å². The molecule has 116 valence electrons. The number of piperidine rings is 1. The summed E-state index contributed by atoms with van der Waals surface area (Å²) in [7, 11) is 0. The van der Waals surface area contributed by atoms with Crippen LogP contribution in [0.5, 0.6) is 0 Å². The number of carboxylic acids is 1. The van der Waals surface area contributed by atoms with Gasteiger partial charge in [-0.1, -0.05) is 28.9 Å². The number of benzene rings is 1. The number of carboxylic acid groups (broad SMARTS) is 1. The van der Waals surface area contributed by atoms with Crippen LogP contribution in [0.15, 0.2) is 22.7 Å². The van der Waals surface area contributed by atoms with Gasteiger partial charge >= 0.3 is 5.97 Å². The maximum absolute atomic E-state index is 14.1. The highest BCUT2D eigenvalue weighted by Gasteiger charge is 2.37. The number of likely N-dealkylation sites (tertiary alicyclic amines) is 1. The van der Waals surface area contributed by atoms with Crippen LogP contribution in [0.25, 0.3) is 0 Å². The van der Waals surface area contributed by atoms with E-state index in [9.17, 15) is 19.4 Å². The number of aliphatic carboxylic acids is 1. The van der Waals surface area contributed by atoms with Crippen molar-refractivity contribution >= 4 is 21.9 Å². The highest BCUT2D eigenvalue weighted by Crippen LogP contribution is 2.32. The van der Waals surface area contributed by atoms with Gasteiger partial charge in [-0.05, 0) is 31.4 Å². The van der Waals surface area contributed by atoms with Crippen LogP contribution in [0.1, 0.15) is 37.8 Å². The minimum Gasteiger partial charge on any atom is -0.480 e. The average molecular weight is 360 g/mol. The second-order valence-electron chi connectivity index (χ2n) is 5.52. The minimum atomic E-state index is -1.07. The number of nitrogens with zero attached hydrogens (tertiary/aromatic N) is 1. The number of hydrogen-bond donors (Lipinski definition) is 2. The van der Waals surface area contributed by atoms with E-state index < -0.39 is 23.4 Å². The standard InChI is InChI=1S/C15H19BrFNO3/c1-2-15(21)5-7-18(8-6-15)13(14(19)20)11-4-3-10(16)9-12(11)17/h3-4,9,13,21H,2,5-8H2,1H3,(H,19,20). The van der Waals surface area contributed by atoms with Crippen LogP contribution < -0.4 is 0 Å². The zero-order chi connectivity index (χ0) is 15.6. The van der Waals surface area contributed by atoms with Crippen LogP contribution >= 0.6 is 15.9 Å². The van der Waals surface area contributed by atoms with Crippen molar-refractivity contribution in [2.75, 3.05) is 13.1 Å². The predicted octanol–water partition coefficient (Wildman–Crippen LogP) is 2.95. The summed E-state index contributed by atoms with van der Waals surface area (Å²) >= 11 is 3.17. The second-order valence-corrected chi connectivity index (χ2v) is 6.44.